The Labute approximate surface area is 109 Å². The summed E-state index contributed by atoms with van der Waals surface area (Å²) >= 11 is 0. The van der Waals surface area contributed by atoms with Crippen LogP contribution in [0.25, 0.3) is 0 Å². The molecule has 0 radical (unpaired) electrons. The molecular weight excluding hydrogens is 248 g/mol. The van der Waals surface area contributed by atoms with Gasteiger partial charge in [-0.3, -0.25) is 4.79 Å². The number of aromatic hydroxyl groups is 4. The van der Waals surface area contributed by atoms with Gasteiger partial charge in [0.05, 0.1) is 5.56 Å². The molecule has 2 aromatic carbocycles. The summed E-state index contributed by atoms with van der Waals surface area (Å²) in [6.07, 6.45) is 0. The van der Waals surface area contributed by atoms with Crippen LogP contribution >= 0.6 is 0 Å². The number of rotatable bonds is 2. The summed E-state index contributed by atoms with van der Waals surface area (Å²) in [5.41, 5.74) is 0.657. The summed E-state index contributed by atoms with van der Waals surface area (Å²) in [4.78, 5) is 12.2. The molecule has 0 fully saturated rings. The second-order valence-electron chi connectivity index (χ2n) is 4.16. The standard InChI is InChI=1S/C14H12O5/c1-7-6-8(2-4-10(7)15)12(17)9-3-5-11(16)14(19)13(9)18/h2-6,15-16,18-19H,1H3. The van der Waals surface area contributed by atoms with E-state index in [1.165, 1.54) is 24.3 Å². The normalized spacial score (nSPS) is 10.4. The first-order valence-electron chi connectivity index (χ1n) is 5.50. The topological polar surface area (TPSA) is 98.0 Å². The molecule has 5 nitrogen and oxygen atoms in total. The third-order valence-electron chi connectivity index (χ3n) is 2.83. The average Bonchev–Trinajstić information content (AvgIpc) is 2.39. The van der Waals surface area contributed by atoms with Crippen molar-refractivity contribution in [3.05, 3.63) is 47.0 Å². The van der Waals surface area contributed by atoms with Crippen LogP contribution < -0.4 is 0 Å². The van der Waals surface area contributed by atoms with Crippen molar-refractivity contribution in [2.24, 2.45) is 0 Å². The van der Waals surface area contributed by atoms with Gasteiger partial charge in [0.2, 0.25) is 5.75 Å². The van der Waals surface area contributed by atoms with E-state index in [0.29, 0.717) is 5.56 Å². The molecule has 0 unspecified atom stereocenters. The lowest BCUT2D eigenvalue weighted by molar-refractivity contribution is 0.103. The largest absolute Gasteiger partial charge is 0.508 e. The van der Waals surface area contributed by atoms with Gasteiger partial charge in [0.15, 0.2) is 17.3 Å². The second kappa shape index (κ2) is 4.53. The van der Waals surface area contributed by atoms with Crippen molar-refractivity contribution >= 4 is 5.78 Å². The molecule has 0 atom stereocenters. The molecule has 2 aromatic rings. The molecule has 5 heteroatoms. The fraction of sp³-hybridized carbons (Fsp3) is 0.0714. The highest BCUT2D eigenvalue weighted by Crippen LogP contribution is 2.38. The van der Waals surface area contributed by atoms with Crippen LogP contribution in [0.3, 0.4) is 0 Å². The van der Waals surface area contributed by atoms with E-state index in [-0.39, 0.29) is 16.9 Å². The Bertz CT molecular complexity index is 661. The quantitative estimate of drug-likeness (QED) is 0.489. The summed E-state index contributed by atoms with van der Waals surface area (Å²) in [6.45, 7) is 1.64. The number of carbonyl (C=O) groups excluding carboxylic acids is 1. The maximum Gasteiger partial charge on any atom is 0.201 e. The number of ketones is 1. The Balaban J connectivity index is 2.50. The summed E-state index contributed by atoms with van der Waals surface area (Å²) in [6, 6.07) is 6.60. The van der Waals surface area contributed by atoms with E-state index in [0.717, 1.165) is 6.07 Å². The van der Waals surface area contributed by atoms with Gasteiger partial charge in [0.1, 0.15) is 5.75 Å². The van der Waals surface area contributed by atoms with Crippen molar-refractivity contribution in [1.82, 2.24) is 0 Å². The minimum Gasteiger partial charge on any atom is -0.508 e. The van der Waals surface area contributed by atoms with Crippen LogP contribution in [0.15, 0.2) is 30.3 Å². The van der Waals surface area contributed by atoms with Gasteiger partial charge >= 0.3 is 0 Å². The molecule has 0 saturated heterocycles. The van der Waals surface area contributed by atoms with Crippen molar-refractivity contribution in [2.45, 2.75) is 6.92 Å². The highest BCUT2D eigenvalue weighted by atomic mass is 16.3. The Kier molecular flexibility index (Phi) is 3.04. The summed E-state index contributed by atoms with van der Waals surface area (Å²) in [7, 11) is 0. The van der Waals surface area contributed by atoms with E-state index in [9.17, 15) is 25.2 Å². The maximum absolute atomic E-state index is 12.2. The number of phenols is 4. The summed E-state index contributed by atoms with van der Waals surface area (Å²) < 4.78 is 0. The molecule has 0 amide bonds. The second-order valence-corrected chi connectivity index (χ2v) is 4.16. The van der Waals surface area contributed by atoms with Gasteiger partial charge in [-0.1, -0.05) is 0 Å². The van der Waals surface area contributed by atoms with Crippen LogP contribution in [-0.2, 0) is 0 Å². The minimum absolute atomic E-state index is 0.0642. The zero-order chi connectivity index (χ0) is 14.2. The minimum atomic E-state index is -0.735. The number of hydrogen-bond acceptors (Lipinski definition) is 5. The van der Waals surface area contributed by atoms with Gasteiger partial charge < -0.3 is 20.4 Å². The van der Waals surface area contributed by atoms with Crippen molar-refractivity contribution in [3.63, 3.8) is 0 Å². The zero-order valence-electron chi connectivity index (χ0n) is 10.1. The zero-order valence-corrected chi connectivity index (χ0v) is 10.1. The van der Waals surface area contributed by atoms with Crippen molar-refractivity contribution < 1.29 is 25.2 Å². The molecule has 0 saturated carbocycles. The van der Waals surface area contributed by atoms with Gasteiger partial charge in [-0.2, -0.15) is 0 Å². The molecule has 0 spiro atoms. The monoisotopic (exact) mass is 260 g/mol. The van der Waals surface area contributed by atoms with Gasteiger partial charge in [-0.25, -0.2) is 0 Å². The van der Waals surface area contributed by atoms with Crippen molar-refractivity contribution in [3.8, 4) is 23.0 Å². The number of benzene rings is 2. The number of carbonyl (C=O) groups is 1. The fourth-order valence-electron chi connectivity index (χ4n) is 1.70. The fourth-order valence-corrected chi connectivity index (χ4v) is 1.70. The number of phenolic OH excluding ortho intramolecular Hbond substituents is 4. The van der Waals surface area contributed by atoms with Gasteiger partial charge in [0.25, 0.3) is 0 Å². The van der Waals surface area contributed by atoms with Gasteiger partial charge in [-0.05, 0) is 42.8 Å². The molecule has 2 rings (SSSR count). The van der Waals surface area contributed by atoms with Crippen LogP contribution in [0.2, 0.25) is 0 Å². The highest BCUT2D eigenvalue weighted by molar-refractivity contribution is 6.11. The van der Waals surface area contributed by atoms with E-state index < -0.39 is 23.0 Å². The van der Waals surface area contributed by atoms with E-state index in [1.54, 1.807) is 6.92 Å². The maximum atomic E-state index is 12.2. The van der Waals surface area contributed by atoms with E-state index >= 15 is 0 Å². The lowest BCUT2D eigenvalue weighted by Gasteiger charge is -2.08. The number of aryl methyl sites for hydroxylation is 1. The Morgan fingerprint density at radius 3 is 2.16 bits per heavy atom. The van der Waals surface area contributed by atoms with Crippen molar-refractivity contribution in [2.75, 3.05) is 0 Å². The Hall–Kier alpha value is -2.69. The van der Waals surface area contributed by atoms with Crippen LogP contribution in [0.5, 0.6) is 23.0 Å². The van der Waals surface area contributed by atoms with E-state index in [1.807, 2.05) is 0 Å². The first-order chi connectivity index (χ1) is 8.91. The van der Waals surface area contributed by atoms with Crippen LogP contribution in [0.4, 0.5) is 0 Å². The average molecular weight is 260 g/mol. The van der Waals surface area contributed by atoms with Gasteiger partial charge in [-0.15, -0.1) is 0 Å². The SMILES string of the molecule is Cc1cc(C(=O)c2ccc(O)c(O)c2O)ccc1O. The predicted octanol–water partition coefficient (Wildman–Crippen LogP) is 2.05. The molecule has 19 heavy (non-hydrogen) atoms. The molecule has 0 aromatic heterocycles. The van der Waals surface area contributed by atoms with Crippen LogP contribution in [-0.4, -0.2) is 26.2 Å². The highest BCUT2D eigenvalue weighted by Gasteiger charge is 2.18. The third kappa shape index (κ3) is 2.18. The van der Waals surface area contributed by atoms with Gasteiger partial charge in [0, 0.05) is 5.56 Å². The molecule has 4 N–H and O–H groups in total. The molecule has 0 aliphatic rings. The Morgan fingerprint density at radius 1 is 0.895 bits per heavy atom. The first kappa shape index (κ1) is 12.8. The summed E-state index contributed by atoms with van der Waals surface area (Å²) in [5, 5.41) is 37.6. The molecular formula is C14H12O5. The van der Waals surface area contributed by atoms with E-state index in [4.69, 9.17) is 0 Å². The molecule has 0 bridgehead atoms. The molecule has 0 heterocycles. The summed E-state index contributed by atoms with van der Waals surface area (Å²) in [5.74, 6) is -2.36. The molecule has 98 valence electrons. The lowest BCUT2D eigenvalue weighted by Crippen LogP contribution is -2.02. The Morgan fingerprint density at radius 2 is 1.53 bits per heavy atom. The third-order valence-corrected chi connectivity index (χ3v) is 2.83. The molecule has 0 aliphatic heterocycles. The predicted molar refractivity (Wildman–Crippen MR) is 67.7 cm³/mol. The van der Waals surface area contributed by atoms with Crippen molar-refractivity contribution in [1.29, 1.82) is 0 Å². The number of hydrogen-bond donors (Lipinski definition) is 4. The lowest BCUT2D eigenvalue weighted by atomic mass is 10.00. The first-order valence-corrected chi connectivity index (χ1v) is 5.50. The van der Waals surface area contributed by atoms with E-state index in [2.05, 4.69) is 0 Å². The molecule has 0 aliphatic carbocycles. The van der Waals surface area contributed by atoms with Crippen LogP contribution in [0, 0.1) is 6.92 Å². The van der Waals surface area contributed by atoms with Crippen LogP contribution in [0.1, 0.15) is 21.5 Å². The smallest absolute Gasteiger partial charge is 0.201 e.